The Labute approximate surface area is 231 Å². The molecule has 0 aromatic heterocycles. The van der Waals surface area contributed by atoms with Crippen molar-refractivity contribution in [1.29, 1.82) is 0 Å². The first kappa shape index (κ1) is 28.8. The second-order valence-electron chi connectivity index (χ2n) is 12.2. The van der Waals surface area contributed by atoms with E-state index < -0.39 is 41.6 Å². The van der Waals surface area contributed by atoms with Gasteiger partial charge in [-0.3, -0.25) is 19.2 Å². The van der Waals surface area contributed by atoms with Gasteiger partial charge >= 0.3 is 17.9 Å². The maximum atomic E-state index is 14.3. The molecule has 0 N–H and O–H groups in total. The van der Waals surface area contributed by atoms with E-state index in [-0.39, 0.29) is 35.9 Å². The summed E-state index contributed by atoms with van der Waals surface area (Å²) in [6.07, 6.45) is 1.74. The summed E-state index contributed by atoms with van der Waals surface area (Å²) >= 11 is 0. The zero-order valence-electron chi connectivity index (χ0n) is 23.8. The topological polar surface area (TPSA) is 96.0 Å². The smallest absolute Gasteiger partial charge is 0.310 e. The van der Waals surface area contributed by atoms with E-state index in [4.69, 9.17) is 14.2 Å². The summed E-state index contributed by atoms with van der Waals surface area (Å²) in [4.78, 5) is 52.4. The maximum absolute atomic E-state index is 14.3. The second-order valence-corrected chi connectivity index (χ2v) is 12.2. The summed E-state index contributed by atoms with van der Waals surface area (Å²) in [5.41, 5.74) is 0.258. The Balaban J connectivity index is 1.81. The Morgan fingerprint density at radius 1 is 1.05 bits per heavy atom. The molecular formula is C32H40O7. The summed E-state index contributed by atoms with van der Waals surface area (Å²) in [5.74, 6) is -2.75. The molecule has 0 amide bonds. The molecular weight excluding hydrogens is 496 g/mol. The van der Waals surface area contributed by atoms with Crippen LogP contribution >= 0.6 is 0 Å². The number of allylic oxidation sites excluding steroid dienone is 1. The van der Waals surface area contributed by atoms with Gasteiger partial charge in [-0.25, -0.2) is 0 Å². The van der Waals surface area contributed by atoms with Gasteiger partial charge in [0.1, 0.15) is 12.2 Å². The van der Waals surface area contributed by atoms with Crippen LogP contribution in [0.1, 0.15) is 66.4 Å². The van der Waals surface area contributed by atoms with E-state index >= 15 is 0 Å². The number of carbonyl (C=O) groups is 4. The zero-order chi connectivity index (χ0) is 28.7. The summed E-state index contributed by atoms with van der Waals surface area (Å²) in [6.45, 7) is 14.8. The van der Waals surface area contributed by atoms with E-state index in [1.165, 1.54) is 13.8 Å². The Morgan fingerprint density at radius 3 is 2.33 bits per heavy atom. The molecule has 1 aromatic rings. The molecule has 2 saturated carbocycles. The minimum Gasteiger partial charge on any atom is -0.461 e. The van der Waals surface area contributed by atoms with E-state index in [2.05, 4.69) is 20.4 Å². The van der Waals surface area contributed by atoms with Crippen molar-refractivity contribution in [1.82, 2.24) is 0 Å². The third-order valence-corrected chi connectivity index (χ3v) is 8.97. The van der Waals surface area contributed by atoms with E-state index in [0.717, 1.165) is 12.0 Å². The fourth-order valence-corrected chi connectivity index (χ4v) is 6.99. The van der Waals surface area contributed by atoms with Gasteiger partial charge < -0.3 is 14.2 Å². The van der Waals surface area contributed by atoms with E-state index in [0.29, 0.717) is 23.5 Å². The molecule has 0 aliphatic heterocycles. The molecule has 3 aliphatic carbocycles. The van der Waals surface area contributed by atoms with Crippen molar-refractivity contribution in [3.05, 3.63) is 59.7 Å². The highest BCUT2D eigenvalue weighted by Crippen LogP contribution is 2.62. The van der Waals surface area contributed by atoms with Crippen molar-refractivity contribution in [3.8, 4) is 0 Å². The summed E-state index contributed by atoms with van der Waals surface area (Å²) in [5, 5.41) is 0. The van der Waals surface area contributed by atoms with E-state index in [9.17, 15) is 19.2 Å². The fourth-order valence-electron chi connectivity index (χ4n) is 6.99. The summed E-state index contributed by atoms with van der Waals surface area (Å²) in [6, 6.07) is 9.23. The lowest BCUT2D eigenvalue weighted by atomic mass is 9.76. The van der Waals surface area contributed by atoms with Crippen LogP contribution in [0, 0.1) is 29.1 Å². The Morgan fingerprint density at radius 2 is 1.72 bits per heavy atom. The minimum absolute atomic E-state index is 0.0183. The van der Waals surface area contributed by atoms with Gasteiger partial charge in [0, 0.05) is 20.3 Å². The van der Waals surface area contributed by atoms with Crippen molar-refractivity contribution >= 4 is 23.7 Å². The number of Topliss-reactive ketones (excluding diaryl/α,β-unsaturated/α-hetero) is 1. The van der Waals surface area contributed by atoms with Crippen LogP contribution in [0.4, 0.5) is 0 Å². The number of hydrogen-bond acceptors (Lipinski definition) is 7. The van der Waals surface area contributed by atoms with Crippen LogP contribution in [0.5, 0.6) is 0 Å². The highest BCUT2D eigenvalue weighted by Gasteiger charge is 2.65. The van der Waals surface area contributed by atoms with E-state index in [1.54, 1.807) is 6.92 Å². The highest BCUT2D eigenvalue weighted by atomic mass is 16.6. The van der Waals surface area contributed by atoms with Gasteiger partial charge in [0.15, 0.2) is 5.60 Å². The predicted molar refractivity (Wildman–Crippen MR) is 145 cm³/mol. The average molecular weight is 537 g/mol. The first-order valence-electron chi connectivity index (χ1n) is 13.8. The van der Waals surface area contributed by atoms with Gasteiger partial charge in [-0.1, -0.05) is 63.8 Å². The number of hydrogen-bond donors (Lipinski definition) is 0. The van der Waals surface area contributed by atoms with Crippen LogP contribution in [0.15, 0.2) is 54.1 Å². The summed E-state index contributed by atoms with van der Waals surface area (Å²) in [7, 11) is 0. The number of ether oxygens (including phenoxy) is 3. The largest absolute Gasteiger partial charge is 0.461 e. The van der Waals surface area contributed by atoms with Gasteiger partial charge in [0.2, 0.25) is 5.78 Å². The normalized spacial score (nSPS) is 33.5. The lowest BCUT2D eigenvalue weighted by Gasteiger charge is -2.40. The molecule has 7 unspecified atom stereocenters. The Hall–Kier alpha value is -3.22. The molecule has 210 valence electrons. The number of carbonyl (C=O) groups excluding carboxylic acids is 4. The molecule has 4 rings (SSSR count). The Bertz CT molecular complexity index is 1200. The van der Waals surface area contributed by atoms with Crippen molar-refractivity contribution in [2.24, 2.45) is 29.1 Å². The predicted octanol–water partition coefficient (Wildman–Crippen LogP) is 5.17. The van der Waals surface area contributed by atoms with Crippen molar-refractivity contribution in [2.75, 3.05) is 0 Å². The fraction of sp³-hybridized carbons (Fsp3) is 0.562. The monoisotopic (exact) mass is 536 g/mol. The van der Waals surface area contributed by atoms with Crippen LogP contribution in [0.3, 0.4) is 0 Å². The molecule has 2 fully saturated rings. The summed E-state index contributed by atoms with van der Waals surface area (Å²) < 4.78 is 17.9. The molecule has 0 heterocycles. The first-order valence-corrected chi connectivity index (χ1v) is 13.8. The number of rotatable bonds is 5. The van der Waals surface area contributed by atoms with E-state index in [1.807, 2.05) is 43.3 Å². The molecule has 3 aliphatic rings. The van der Waals surface area contributed by atoms with Gasteiger partial charge in [0.25, 0.3) is 0 Å². The molecule has 1 aromatic carbocycles. The maximum Gasteiger partial charge on any atom is 0.310 e. The van der Waals surface area contributed by atoms with Crippen LogP contribution in [0.2, 0.25) is 0 Å². The molecule has 0 bridgehead atoms. The quantitative estimate of drug-likeness (QED) is 0.291. The average Bonchev–Trinajstić information content (AvgIpc) is 3.24. The third kappa shape index (κ3) is 5.59. The molecule has 7 atom stereocenters. The SMILES string of the molecule is C=C1CCC2C(C=C(C)C(=O)C3(OC(C)=O)CC(C)C(OC(=O)Cc4ccccc4)C3C1OC(C)=O)C2(C)C. The van der Waals surface area contributed by atoms with Gasteiger partial charge in [-0.15, -0.1) is 0 Å². The zero-order valence-corrected chi connectivity index (χ0v) is 23.8. The van der Waals surface area contributed by atoms with Gasteiger partial charge in [0.05, 0.1) is 12.3 Å². The molecule has 0 radical (unpaired) electrons. The highest BCUT2D eigenvalue weighted by molar-refractivity contribution is 6.03. The molecule has 0 saturated heterocycles. The second kappa shape index (κ2) is 10.7. The lowest BCUT2D eigenvalue weighted by molar-refractivity contribution is -0.182. The number of esters is 3. The number of ketones is 1. The molecule has 7 nitrogen and oxygen atoms in total. The Kier molecular flexibility index (Phi) is 7.93. The van der Waals surface area contributed by atoms with Crippen molar-refractivity contribution in [3.63, 3.8) is 0 Å². The molecule has 0 spiro atoms. The molecule has 7 heteroatoms. The molecule has 39 heavy (non-hydrogen) atoms. The lowest BCUT2D eigenvalue weighted by Crippen LogP contribution is -2.55. The third-order valence-electron chi connectivity index (χ3n) is 8.97. The van der Waals surface area contributed by atoms with Crippen molar-refractivity contribution < 1.29 is 33.4 Å². The van der Waals surface area contributed by atoms with Crippen LogP contribution in [-0.4, -0.2) is 41.5 Å². The van der Waals surface area contributed by atoms with Gasteiger partial charge in [-0.2, -0.15) is 0 Å². The minimum atomic E-state index is -1.68. The standard InChI is InChI=1S/C32H40O7/c1-18-13-14-24-25(31(24,6)7)15-19(2)30(36)32(39-22(5)34)17-20(3)29(27(32)28(18)37-21(4)33)38-26(35)16-23-11-9-8-10-12-23/h8-12,15,20,24-25,27-29H,1,13-14,16-17H2,2-7H3. The number of benzene rings is 1. The van der Waals surface area contributed by atoms with Crippen LogP contribution in [0.25, 0.3) is 0 Å². The van der Waals surface area contributed by atoms with Crippen LogP contribution < -0.4 is 0 Å². The van der Waals surface area contributed by atoms with Crippen molar-refractivity contribution in [2.45, 2.75) is 85.0 Å². The van der Waals surface area contributed by atoms with Crippen LogP contribution in [-0.2, 0) is 39.8 Å². The first-order chi connectivity index (χ1) is 18.3. The number of fused-ring (bicyclic) bond motifs is 2. The van der Waals surface area contributed by atoms with Gasteiger partial charge in [-0.05, 0) is 59.6 Å².